The van der Waals surface area contributed by atoms with Gasteiger partial charge in [0, 0.05) is 52.2 Å². The van der Waals surface area contributed by atoms with Gasteiger partial charge < -0.3 is 19.5 Å². The van der Waals surface area contributed by atoms with Gasteiger partial charge in [0.15, 0.2) is 5.96 Å². The van der Waals surface area contributed by atoms with Crippen LogP contribution >= 0.6 is 24.0 Å². The summed E-state index contributed by atoms with van der Waals surface area (Å²) in [4.78, 5) is 6.84. The van der Waals surface area contributed by atoms with Crippen LogP contribution in [0.4, 0.5) is 0 Å². The molecule has 1 aromatic rings. The number of nitrogens with zero attached hydrogens (tertiary/aromatic N) is 5. The summed E-state index contributed by atoms with van der Waals surface area (Å²) in [6.07, 6.45) is 3.37. The molecule has 2 aliphatic rings. The first-order chi connectivity index (χ1) is 11.7. The number of ether oxygens (including phenoxy) is 1. The van der Waals surface area contributed by atoms with Crippen molar-refractivity contribution in [2.24, 2.45) is 16.8 Å². The maximum absolute atomic E-state index is 5.57. The quantitative estimate of drug-likeness (QED) is 0.410. The Morgan fingerprint density at radius 1 is 1.28 bits per heavy atom. The smallest absolute Gasteiger partial charge is 0.193 e. The molecule has 0 bridgehead atoms. The van der Waals surface area contributed by atoms with Crippen LogP contribution in [-0.4, -0.2) is 65.5 Å². The molecule has 2 atom stereocenters. The zero-order chi connectivity index (χ0) is 16.9. The maximum atomic E-state index is 5.57. The molecule has 0 amide bonds. The van der Waals surface area contributed by atoms with Crippen molar-refractivity contribution in [1.82, 2.24) is 25.0 Å². The summed E-state index contributed by atoms with van der Waals surface area (Å²) in [5.74, 6) is 4.41. The maximum Gasteiger partial charge on any atom is 0.193 e. The molecule has 8 heteroatoms. The normalized spacial score (nSPS) is 23.3. The molecule has 25 heavy (non-hydrogen) atoms. The number of aryl methyl sites for hydroxylation is 2. The van der Waals surface area contributed by atoms with E-state index in [4.69, 9.17) is 4.74 Å². The second-order valence-corrected chi connectivity index (χ2v) is 6.87. The van der Waals surface area contributed by atoms with E-state index in [0.29, 0.717) is 11.8 Å². The van der Waals surface area contributed by atoms with E-state index in [1.807, 2.05) is 14.0 Å². The predicted octanol–water partition coefficient (Wildman–Crippen LogP) is 1.70. The van der Waals surface area contributed by atoms with E-state index in [2.05, 4.69) is 36.9 Å². The van der Waals surface area contributed by atoms with Crippen molar-refractivity contribution in [3.63, 3.8) is 0 Å². The Morgan fingerprint density at radius 3 is 2.88 bits per heavy atom. The fourth-order valence-electron chi connectivity index (χ4n) is 3.71. The number of halogens is 1. The van der Waals surface area contributed by atoms with Crippen molar-refractivity contribution in [1.29, 1.82) is 0 Å². The molecule has 2 aliphatic heterocycles. The van der Waals surface area contributed by atoms with Gasteiger partial charge in [-0.2, -0.15) is 0 Å². The summed E-state index contributed by atoms with van der Waals surface area (Å²) >= 11 is 0. The van der Waals surface area contributed by atoms with Gasteiger partial charge >= 0.3 is 0 Å². The van der Waals surface area contributed by atoms with E-state index in [9.17, 15) is 0 Å². The Balaban J connectivity index is 0.00000225. The summed E-state index contributed by atoms with van der Waals surface area (Å²) in [6.45, 7) is 9.82. The van der Waals surface area contributed by atoms with E-state index in [1.54, 1.807) is 0 Å². The molecule has 3 heterocycles. The van der Waals surface area contributed by atoms with Crippen LogP contribution in [-0.2, 0) is 17.7 Å². The van der Waals surface area contributed by atoms with Gasteiger partial charge in [0.05, 0.1) is 6.61 Å². The third-order valence-corrected chi connectivity index (χ3v) is 5.13. The molecular formula is C17H31IN6O. The molecule has 3 rings (SSSR count). The van der Waals surface area contributed by atoms with Crippen molar-refractivity contribution in [2.45, 2.75) is 39.7 Å². The average Bonchev–Trinajstić information content (AvgIpc) is 3.21. The molecule has 1 saturated heterocycles. The second kappa shape index (κ2) is 9.70. The molecule has 0 spiro atoms. The third-order valence-electron chi connectivity index (χ3n) is 5.13. The Bertz CT molecular complexity index is 575. The van der Waals surface area contributed by atoms with E-state index < -0.39 is 0 Å². The molecule has 0 radical (unpaired) electrons. The van der Waals surface area contributed by atoms with Crippen LogP contribution in [0.1, 0.15) is 31.4 Å². The largest absolute Gasteiger partial charge is 0.381 e. The van der Waals surface area contributed by atoms with Crippen molar-refractivity contribution < 1.29 is 4.74 Å². The van der Waals surface area contributed by atoms with Crippen LogP contribution in [0.15, 0.2) is 4.99 Å². The van der Waals surface area contributed by atoms with Crippen LogP contribution in [0.25, 0.3) is 0 Å². The lowest BCUT2D eigenvalue weighted by molar-refractivity contribution is 0.114. The van der Waals surface area contributed by atoms with E-state index >= 15 is 0 Å². The highest BCUT2D eigenvalue weighted by Gasteiger charge is 2.26. The van der Waals surface area contributed by atoms with Gasteiger partial charge in [0.25, 0.3) is 0 Å². The number of guanidine groups is 1. The summed E-state index contributed by atoms with van der Waals surface area (Å²) in [5, 5.41) is 12.0. The van der Waals surface area contributed by atoms with Gasteiger partial charge in [-0.25, -0.2) is 0 Å². The molecule has 1 aromatic heterocycles. The lowest BCUT2D eigenvalue weighted by atomic mass is 9.99. The highest BCUT2D eigenvalue weighted by atomic mass is 127. The Kier molecular flexibility index (Phi) is 7.92. The molecule has 7 nitrogen and oxygen atoms in total. The van der Waals surface area contributed by atoms with Crippen molar-refractivity contribution in [3.8, 4) is 0 Å². The number of hydrogen-bond acceptors (Lipinski definition) is 4. The highest BCUT2D eigenvalue weighted by Crippen LogP contribution is 2.20. The first kappa shape index (κ1) is 20.4. The number of hydrogen-bond donors (Lipinski definition) is 1. The van der Waals surface area contributed by atoms with Crippen molar-refractivity contribution >= 4 is 29.9 Å². The molecular weight excluding hydrogens is 431 g/mol. The highest BCUT2D eigenvalue weighted by molar-refractivity contribution is 14.0. The van der Waals surface area contributed by atoms with Gasteiger partial charge in [0.2, 0.25) is 0 Å². The van der Waals surface area contributed by atoms with Crippen LogP contribution in [0.2, 0.25) is 0 Å². The van der Waals surface area contributed by atoms with Gasteiger partial charge in [-0.15, -0.1) is 34.2 Å². The first-order valence-corrected chi connectivity index (χ1v) is 9.13. The van der Waals surface area contributed by atoms with Gasteiger partial charge in [-0.05, 0) is 32.6 Å². The number of nitrogens with one attached hydrogen (secondary N) is 1. The van der Waals surface area contributed by atoms with Gasteiger partial charge in [-0.1, -0.05) is 0 Å². The number of aliphatic imine (C=N–C) groups is 1. The fourth-order valence-corrected chi connectivity index (χ4v) is 3.71. The van der Waals surface area contributed by atoms with Crippen molar-refractivity contribution in [2.75, 3.05) is 39.9 Å². The van der Waals surface area contributed by atoms with Crippen LogP contribution < -0.4 is 5.32 Å². The standard InChI is InChI=1S/C17H30N6O.HI/c1-4-24-12-15-7-8-22(10-15)17(18-3)19-9-14-5-6-16-21-20-13(2)23(16)11-14;/h14-15H,4-12H2,1-3H3,(H,18,19);1H. The third kappa shape index (κ3) is 5.06. The minimum atomic E-state index is 0. The predicted molar refractivity (Wildman–Crippen MR) is 110 cm³/mol. The lowest BCUT2D eigenvalue weighted by Crippen LogP contribution is -2.43. The number of likely N-dealkylation sites (tertiary alicyclic amines) is 1. The molecule has 1 N–H and O–H groups in total. The molecule has 2 unspecified atom stereocenters. The zero-order valence-corrected chi connectivity index (χ0v) is 17.9. The molecule has 1 fully saturated rings. The number of fused-ring (bicyclic) bond motifs is 1. The number of rotatable bonds is 5. The molecule has 0 saturated carbocycles. The summed E-state index contributed by atoms with van der Waals surface area (Å²) in [5.41, 5.74) is 0. The lowest BCUT2D eigenvalue weighted by Gasteiger charge is -2.27. The molecule has 0 aromatic carbocycles. The Hall–Kier alpha value is -0.900. The van der Waals surface area contributed by atoms with E-state index in [0.717, 1.165) is 69.8 Å². The monoisotopic (exact) mass is 462 g/mol. The minimum absolute atomic E-state index is 0. The average molecular weight is 462 g/mol. The summed E-state index contributed by atoms with van der Waals surface area (Å²) in [6, 6.07) is 0. The number of aromatic nitrogens is 3. The molecule has 142 valence electrons. The van der Waals surface area contributed by atoms with E-state index in [-0.39, 0.29) is 24.0 Å². The molecule has 0 aliphatic carbocycles. The SMILES string of the molecule is CCOCC1CCN(C(=NC)NCC2CCc3nnc(C)n3C2)C1.I. The Labute approximate surface area is 167 Å². The van der Waals surface area contributed by atoms with Gasteiger partial charge in [-0.3, -0.25) is 4.99 Å². The Morgan fingerprint density at radius 2 is 2.12 bits per heavy atom. The van der Waals surface area contributed by atoms with Crippen LogP contribution in [0.5, 0.6) is 0 Å². The topological polar surface area (TPSA) is 67.6 Å². The summed E-state index contributed by atoms with van der Waals surface area (Å²) in [7, 11) is 1.88. The van der Waals surface area contributed by atoms with Crippen LogP contribution in [0.3, 0.4) is 0 Å². The fraction of sp³-hybridized carbons (Fsp3) is 0.824. The first-order valence-electron chi connectivity index (χ1n) is 9.13. The van der Waals surface area contributed by atoms with Gasteiger partial charge in [0.1, 0.15) is 11.6 Å². The second-order valence-electron chi connectivity index (χ2n) is 6.87. The summed E-state index contributed by atoms with van der Waals surface area (Å²) < 4.78 is 7.83. The minimum Gasteiger partial charge on any atom is -0.381 e. The zero-order valence-electron chi connectivity index (χ0n) is 15.6. The van der Waals surface area contributed by atoms with Crippen LogP contribution in [0, 0.1) is 18.8 Å². The van der Waals surface area contributed by atoms with Crippen molar-refractivity contribution in [3.05, 3.63) is 11.6 Å². The van der Waals surface area contributed by atoms with E-state index in [1.165, 1.54) is 6.42 Å².